The lowest BCUT2D eigenvalue weighted by atomic mass is 10.1. The summed E-state index contributed by atoms with van der Waals surface area (Å²) in [6.45, 7) is 14.4. The van der Waals surface area contributed by atoms with Crippen molar-refractivity contribution in [2.75, 3.05) is 38.5 Å². The molecular formula is C31H43N7O5S. The van der Waals surface area contributed by atoms with Crippen molar-refractivity contribution in [3.8, 4) is 11.4 Å². The van der Waals surface area contributed by atoms with Crippen molar-refractivity contribution in [3.63, 3.8) is 0 Å². The third kappa shape index (κ3) is 8.35. The molecule has 0 bridgehead atoms. The molecule has 0 saturated heterocycles. The molecule has 13 heteroatoms. The Morgan fingerprint density at radius 2 is 1.86 bits per heavy atom. The number of nitrogens with zero attached hydrogens (tertiary/aromatic N) is 6. The summed E-state index contributed by atoms with van der Waals surface area (Å²) in [7, 11) is 1.73. The van der Waals surface area contributed by atoms with E-state index < -0.39 is 11.7 Å². The van der Waals surface area contributed by atoms with Crippen molar-refractivity contribution in [2.45, 2.75) is 73.2 Å². The minimum Gasteiger partial charge on any atom is -0.444 e. The molecule has 0 saturated carbocycles. The number of hydrazine groups is 1. The van der Waals surface area contributed by atoms with Crippen LogP contribution in [0.1, 0.15) is 56.5 Å². The molecule has 12 nitrogen and oxygen atoms in total. The Balaban J connectivity index is 1.47. The zero-order valence-electron chi connectivity index (χ0n) is 26.8. The number of hydrogen-bond donors (Lipinski definition) is 1. The Bertz CT molecular complexity index is 1460. The summed E-state index contributed by atoms with van der Waals surface area (Å²) in [5.41, 5.74) is 2.97. The highest BCUT2D eigenvalue weighted by atomic mass is 32.1. The number of nitrogens with one attached hydrogen (secondary N) is 1. The number of thiophene rings is 1. The van der Waals surface area contributed by atoms with Gasteiger partial charge in [-0.15, -0.1) is 11.3 Å². The number of carbonyl (C=O) groups is 3. The van der Waals surface area contributed by atoms with E-state index in [-0.39, 0.29) is 44.0 Å². The number of aromatic nitrogens is 2. The average molecular weight is 626 g/mol. The second kappa shape index (κ2) is 13.8. The molecule has 0 aliphatic carbocycles. The lowest BCUT2D eigenvalue weighted by molar-refractivity contribution is -0.151. The van der Waals surface area contributed by atoms with Crippen molar-refractivity contribution < 1.29 is 23.6 Å². The summed E-state index contributed by atoms with van der Waals surface area (Å²) in [5.74, 6) is 0.425. The number of ether oxygens (including phenoxy) is 1. The maximum atomic E-state index is 13.7. The van der Waals surface area contributed by atoms with Crippen LogP contribution in [0.2, 0.25) is 0 Å². The number of carbonyl (C=O) groups excluding carboxylic acids is 3. The van der Waals surface area contributed by atoms with E-state index in [0.29, 0.717) is 24.8 Å². The third-order valence-corrected chi connectivity index (χ3v) is 8.24. The van der Waals surface area contributed by atoms with E-state index in [1.165, 1.54) is 15.3 Å². The van der Waals surface area contributed by atoms with Gasteiger partial charge in [-0.25, -0.2) is 9.80 Å². The molecule has 3 amide bonds. The van der Waals surface area contributed by atoms with Gasteiger partial charge in [-0.1, -0.05) is 17.3 Å². The van der Waals surface area contributed by atoms with Crippen LogP contribution in [0.15, 0.2) is 34.2 Å². The smallest absolute Gasteiger partial charge is 0.410 e. The van der Waals surface area contributed by atoms with Gasteiger partial charge in [0.05, 0.1) is 13.1 Å². The molecule has 3 aromatic rings. The zero-order valence-corrected chi connectivity index (χ0v) is 27.7. The fraction of sp³-hybridized carbons (Fsp3) is 0.516. The van der Waals surface area contributed by atoms with E-state index in [1.54, 1.807) is 35.2 Å². The number of amides is 3. The van der Waals surface area contributed by atoms with Crippen molar-refractivity contribution in [3.05, 3.63) is 51.5 Å². The fourth-order valence-electron chi connectivity index (χ4n) is 4.75. The second-order valence-corrected chi connectivity index (χ2v) is 13.2. The van der Waals surface area contributed by atoms with Gasteiger partial charge in [-0.2, -0.15) is 4.98 Å². The molecular weight excluding hydrogens is 582 g/mol. The van der Waals surface area contributed by atoms with Crippen molar-refractivity contribution in [2.24, 2.45) is 0 Å². The number of anilines is 1. The highest BCUT2D eigenvalue weighted by Gasteiger charge is 2.30. The Hall–Kier alpha value is -3.97. The Kier molecular flexibility index (Phi) is 10.3. The summed E-state index contributed by atoms with van der Waals surface area (Å²) >= 11 is 1.68. The van der Waals surface area contributed by atoms with Gasteiger partial charge in [0.15, 0.2) is 0 Å². The summed E-state index contributed by atoms with van der Waals surface area (Å²) in [6.07, 6.45) is -0.464. The van der Waals surface area contributed by atoms with Crippen LogP contribution in [-0.4, -0.2) is 92.7 Å². The third-order valence-electron chi connectivity index (χ3n) is 7.30. The first-order chi connectivity index (χ1) is 20.7. The van der Waals surface area contributed by atoms with Crippen molar-refractivity contribution in [1.29, 1.82) is 0 Å². The van der Waals surface area contributed by atoms with Gasteiger partial charge in [-0.05, 0) is 70.2 Å². The van der Waals surface area contributed by atoms with Gasteiger partial charge in [0, 0.05) is 55.8 Å². The van der Waals surface area contributed by atoms with Crippen LogP contribution >= 0.6 is 11.3 Å². The van der Waals surface area contributed by atoms with E-state index in [1.807, 2.05) is 64.8 Å². The highest BCUT2D eigenvalue weighted by molar-refractivity contribution is 7.10. The molecule has 1 aliphatic rings. The number of benzene rings is 1. The molecule has 0 radical (unpaired) electrons. The minimum atomic E-state index is -0.660. The molecule has 3 heterocycles. The highest BCUT2D eigenvalue weighted by Crippen LogP contribution is 2.28. The molecule has 0 unspecified atom stereocenters. The summed E-state index contributed by atoms with van der Waals surface area (Å²) in [4.78, 5) is 48.7. The summed E-state index contributed by atoms with van der Waals surface area (Å²) < 4.78 is 10.7. The van der Waals surface area contributed by atoms with E-state index in [9.17, 15) is 14.4 Å². The first-order valence-electron chi connectivity index (χ1n) is 14.7. The van der Waals surface area contributed by atoms with Gasteiger partial charge < -0.3 is 24.4 Å². The molecule has 4 rings (SSSR count). The molecule has 2 aromatic heterocycles. The number of hydrogen-bond acceptors (Lipinski definition) is 10. The number of fused-ring (bicyclic) bond motifs is 1. The predicted molar refractivity (Wildman–Crippen MR) is 169 cm³/mol. The Morgan fingerprint density at radius 1 is 1.11 bits per heavy atom. The molecule has 1 N–H and O–H groups in total. The lowest BCUT2D eigenvalue weighted by Crippen LogP contribution is -2.51. The van der Waals surface area contributed by atoms with Crippen LogP contribution in [-0.2, 0) is 27.4 Å². The molecule has 1 aliphatic heterocycles. The van der Waals surface area contributed by atoms with E-state index in [0.717, 1.165) is 16.8 Å². The van der Waals surface area contributed by atoms with Crippen LogP contribution in [0.4, 0.5) is 10.5 Å². The maximum Gasteiger partial charge on any atom is 0.410 e. The van der Waals surface area contributed by atoms with Crippen LogP contribution in [0.3, 0.4) is 0 Å². The van der Waals surface area contributed by atoms with Crippen LogP contribution in [0.5, 0.6) is 0 Å². The average Bonchev–Trinajstić information content (AvgIpc) is 3.67. The number of aryl methyl sites for hydroxylation is 2. The number of rotatable bonds is 11. The molecule has 44 heavy (non-hydrogen) atoms. The summed E-state index contributed by atoms with van der Waals surface area (Å²) in [6, 6.07) is 7.59. The van der Waals surface area contributed by atoms with Gasteiger partial charge >= 0.3 is 6.09 Å². The molecule has 238 valence electrons. The maximum absolute atomic E-state index is 13.7. The first-order valence-corrected chi connectivity index (χ1v) is 15.6. The van der Waals surface area contributed by atoms with Gasteiger partial charge in [0.1, 0.15) is 12.1 Å². The van der Waals surface area contributed by atoms with E-state index in [2.05, 4.69) is 26.9 Å². The van der Waals surface area contributed by atoms with Gasteiger partial charge in [0.25, 0.3) is 5.91 Å². The topological polar surface area (TPSA) is 124 Å². The lowest BCUT2D eigenvalue weighted by Gasteiger charge is -2.33. The monoisotopic (exact) mass is 625 g/mol. The van der Waals surface area contributed by atoms with Crippen LogP contribution < -0.4 is 5.32 Å². The number of likely N-dealkylation sites (N-methyl/N-ethyl adjacent to an activating group) is 1. The van der Waals surface area contributed by atoms with E-state index >= 15 is 0 Å². The fourth-order valence-corrected chi connectivity index (χ4v) is 5.66. The summed E-state index contributed by atoms with van der Waals surface area (Å²) in [5, 5.41) is 12.8. The molecule has 1 aromatic carbocycles. The normalized spacial score (nSPS) is 13.1. The predicted octanol–water partition coefficient (Wildman–Crippen LogP) is 4.69. The van der Waals surface area contributed by atoms with Crippen molar-refractivity contribution >= 4 is 34.9 Å². The van der Waals surface area contributed by atoms with Gasteiger partial charge in [0.2, 0.25) is 17.6 Å². The Labute approximate surface area is 262 Å². The second-order valence-electron chi connectivity index (χ2n) is 12.2. The SMILES string of the molecule is Cc1nc(-c2ccc(C)c(NCC(=O)N(CCN(C(=O)OC(C)(C)C)C(C)C)CC(=O)N(C)N3Cc4ccsc4C3)c2)no1. The molecule has 0 atom stereocenters. The van der Waals surface area contributed by atoms with Crippen molar-refractivity contribution in [1.82, 2.24) is 30.0 Å². The zero-order chi connectivity index (χ0) is 32.2. The largest absolute Gasteiger partial charge is 0.444 e. The minimum absolute atomic E-state index is 0.0539. The standard InChI is InChI=1S/C31H43N7O5S/c1-20(2)38(30(41)42-31(5,6)7)13-12-36(19-28(40)35(8)37-17-24-11-14-44-26(24)18-37)27(39)16-32-25-15-23(10-9-21(25)3)29-33-22(4)43-34-29/h9-11,14-15,20,32H,12-13,16-19H2,1-8H3. The van der Waals surface area contributed by atoms with Crippen LogP contribution in [0, 0.1) is 13.8 Å². The molecule has 0 spiro atoms. The van der Waals surface area contributed by atoms with Gasteiger partial charge in [-0.3, -0.25) is 14.6 Å². The Morgan fingerprint density at radius 3 is 2.50 bits per heavy atom. The first kappa shape index (κ1) is 32.9. The molecule has 0 fully saturated rings. The quantitative estimate of drug-likeness (QED) is 0.323. The van der Waals surface area contributed by atoms with Crippen LogP contribution in [0.25, 0.3) is 11.4 Å². The van der Waals surface area contributed by atoms with E-state index in [4.69, 9.17) is 9.26 Å².